The maximum atomic E-state index is 15.2. The van der Waals surface area contributed by atoms with Crippen molar-refractivity contribution in [1.82, 2.24) is 19.1 Å². The van der Waals surface area contributed by atoms with Gasteiger partial charge in [-0.1, -0.05) is 59.6 Å². The number of benzene rings is 4. The normalized spacial score (nSPS) is 14.1. The molecule has 1 N–H and O–H groups in total. The summed E-state index contributed by atoms with van der Waals surface area (Å²) in [5.41, 5.74) is 10.0. The highest BCUT2D eigenvalue weighted by molar-refractivity contribution is 6.35. The molecule has 0 saturated carbocycles. The lowest BCUT2D eigenvalue weighted by Gasteiger charge is -2.34. The zero-order valence-corrected chi connectivity index (χ0v) is 35.4. The molecule has 0 spiro atoms. The number of hydrogen-bond donors (Lipinski definition) is 1. The number of carbonyl (C=O) groups is 2. The molecular formula is C47H45Cl2N5O5. The number of anilines is 1. The van der Waals surface area contributed by atoms with Crippen molar-refractivity contribution < 1.29 is 24.2 Å². The Morgan fingerprint density at radius 1 is 0.898 bits per heavy atom. The van der Waals surface area contributed by atoms with Gasteiger partial charge in [0.2, 0.25) is 0 Å². The molecule has 12 heteroatoms. The third-order valence-electron chi connectivity index (χ3n) is 11.2. The minimum atomic E-state index is -1.03. The Balaban J connectivity index is 1.22. The standard InChI is InChI=1S/C47H45Cl2N5O5/c1-26-19-33(20-27(2)43(26)49)59-18-10-13-34-35-15-16-37(48)42(41-29(4)50-40(51-30(41)5)25-58-24-31-11-8-7-9-12-31)44(35)54-28(3)22-53(46(55)45(34)54)39-23-52(6)38-17-14-32(47(56)57)21-36(38)39/h7-9,11-12,14-17,19-21,23,28H,10,13,18,22,24-25H2,1-6H3,(H,56,57)/t28-/m1/s1. The molecule has 3 aromatic heterocycles. The van der Waals surface area contributed by atoms with Crippen LogP contribution >= 0.6 is 23.2 Å². The summed E-state index contributed by atoms with van der Waals surface area (Å²) in [6.45, 7) is 11.4. The Morgan fingerprint density at radius 2 is 1.61 bits per heavy atom. The first-order chi connectivity index (χ1) is 28.3. The number of fused-ring (bicyclic) bond motifs is 4. The van der Waals surface area contributed by atoms with Gasteiger partial charge in [-0.05, 0) is 106 Å². The Kier molecular flexibility index (Phi) is 11.0. The quantitative estimate of drug-likeness (QED) is 0.122. The van der Waals surface area contributed by atoms with Gasteiger partial charge in [-0.3, -0.25) is 4.79 Å². The topological polar surface area (TPSA) is 112 Å². The monoisotopic (exact) mass is 829 g/mol. The van der Waals surface area contributed by atoms with Crippen LogP contribution in [0.15, 0.2) is 79.0 Å². The number of nitrogens with zero attached hydrogens (tertiary/aromatic N) is 5. The molecule has 59 heavy (non-hydrogen) atoms. The Labute approximate surface area is 352 Å². The zero-order valence-electron chi connectivity index (χ0n) is 33.9. The van der Waals surface area contributed by atoms with Gasteiger partial charge in [0.25, 0.3) is 5.91 Å². The molecule has 4 heterocycles. The van der Waals surface area contributed by atoms with Gasteiger partial charge in [-0.25, -0.2) is 14.8 Å². The molecule has 10 nitrogen and oxygen atoms in total. The van der Waals surface area contributed by atoms with E-state index < -0.39 is 5.97 Å². The molecule has 302 valence electrons. The Hall–Kier alpha value is -5.68. The second-order valence-corrected chi connectivity index (χ2v) is 16.2. The van der Waals surface area contributed by atoms with Crippen molar-refractivity contribution in [2.45, 2.75) is 66.7 Å². The van der Waals surface area contributed by atoms with Crippen LogP contribution in [0, 0.1) is 27.7 Å². The van der Waals surface area contributed by atoms with E-state index in [0.717, 1.165) is 72.0 Å². The van der Waals surface area contributed by atoms with Crippen molar-refractivity contribution in [3.8, 4) is 16.9 Å². The van der Waals surface area contributed by atoms with Crippen molar-refractivity contribution in [2.24, 2.45) is 7.05 Å². The fourth-order valence-corrected chi connectivity index (χ4v) is 8.92. The van der Waals surface area contributed by atoms with Crippen molar-refractivity contribution in [1.29, 1.82) is 0 Å². The van der Waals surface area contributed by atoms with E-state index in [1.807, 2.05) is 100 Å². The van der Waals surface area contributed by atoms with Crippen LogP contribution in [-0.2, 0) is 31.4 Å². The minimum Gasteiger partial charge on any atom is -0.494 e. The average Bonchev–Trinajstić information content (AvgIpc) is 3.72. The number of halogens is 2. The lowest BCUT2D eigenvalue weighted by atomic mass is 9.97. The summed E-state index contributed by atoms with van der Waals surface area (Å²) in [7, 11) is 1.90. The van der Waals surface area contributed by atoms with Gasteiger partial charge < -0.3 is 28.6 Å². The highest BCUT2D eigenvalue weighted by Crippen LogP contribution is 2.45. The molecule has 1 amide bonds. The van der Waals surface area contributed by atoms with Gasteiger partial charge in [0.1, 0.15) is 18.1 Å². The van der Waals surface area contributed by atoms with Gasteiger partial charge in [-0.15, -0.1) is 0 Å². The highest BCUT2D eigenvalue weighted by Gasteiger charge is 2.37. The largest absolute Gasteiger partial charge is 0.494 e. The molecule has 8 rings (SSSR count). The number of aromatic carboxylic acids is 1. The van der Waals surface area contributed by atoms with Gasteiger partial charge >= 0.3 is 5.97 Å². The van der Waals surface area contributed by atoms with Crippen LogP contribution in [0.4, 0.5) is 5.69 Å². The van der Waals surface area contributed by atoms with Crippen LogP contribution in [0.2, 0.25) is 10.0 Å². The zero-order chi connectivity index (χ0) is 41.7. The first kappa shape index (κ1) is 40.1. The Morgan fingerprint density at radius 3 is 2.31 bits per heavy atom. The molecule has 1 aliphatic heterocycles. The van der Waals surface area contributed by atoms with Crippen LogP contribution in [0.5, 0.6) is 5.75 Å². The number of aryl methyl sites for hydroxylation is 6. The molecule has 0 unspecified atom stereocenters. The van der Waals surface area contributed by atoms with E-state index in [-0.39, 0.29) is 24.1 Å². The van der Waals surface area contributed by atoms with Crippen LogP contribution in [-0.4, -0.2) is 49.2 Å². The smallest absolute Gasteiger partial charge is 0.335 e. The molecule has 0 fully saturated rings. The molecule has 1 atom stereocenters. The van der Waals surface area contributed by atoms with Crippen LogP contribution in [0.1, 0.15) is 79.7 Å². The van der Waals surface area contributed by atoms with Crippen molar-refractivity contribution >= 4 is 62.6 Å². The van der Waals surface area contributed by atoms with Crippen LogP contribution in [0.3, 0.4) is 0 Å². The Bertz CT molecular complexity index is 2750. The first-order valence-corrected chi connectivity index (χ1v) is 20.4. The summed E-state index contributed by atoms with van der Waals surface area (Å²) in [5.74, 6) is 0.118. The fraction of sp³-hybridized carbons (Fsp3) is 0.277. The van der Waals surface area contributed by atoms with Crippen LogP contribution < -0.4 is 9.64 Å². The maximum Gasteiger partial charge on any atom is 0.335 e. The third kappa shape index (κ3) is 7.45. The number of amides is 1. The number of aromatic nitrogens is 4. The molecule has 4 aromatic carbocycles. The molecule has 0 saturated heterocycles. The lowest BCUT2D eigenvalue weighted by Crippen LogP contribution is -2.42. The van der Waals surface area contributed by atoms with Crippen molar-refractivity contribution in [2.75, 3.05) is 18.1 Å². The van der Waals surface area contributed by atoms with Crippen molar-refractivity contribution in [3.05, 3.63) is 140 Å². The number of rotatable bonds is 12. The SMILES string of the molecule is Cc1cc(OCCCc2c3n(c4c(-c5c(C)nc(COCc6ccccc6)nc5C)c(Cl)ccc24)[C@H](C)CN(c2cn(C)c4ccc(C(=O)O)cc24)C3=O)cc(C)c1Cl. The van der Waals surface area contributed by atoms with E-state index in [2.05, 4.69) is 11.5 Å². The van der Waals surface area contributed by atoms with Gasteiger partial charge in [0.05, 0.1) is 35.0 Å². The molecular weight excluding hydrogens is 785 g/mol. The summed E-state index contributed by atoms with van der Waals surface area (Å²) in [6, 6.07) is 22.6. The van der Waals surface area contributed by atoms with E-state index >= 15 is 4.79 Å². The number of carboxylic acids is 1. The molecule has 1 aliphatic rings. The number of carboxylic acid groups (broad SMARTS) is 1. The predicted molar refractivity (Wildman–Crippen MR) is 233 cm³/mol. The van der Waals surface area contributed by atoms with E-state index in [4.69, 9.17) is 42.6 Å². The minimum absolute atomic E-state index is 0.157. The number of ether oxygens (including phenoxy) is 2. The molecule has 7 aromatic rings. The number of carbonyl (C=O) groups excluding carboxylic acids is 1. The molecule has 0 aliphatic carbocycles. The number of hydrogen-bond acceptors (Lipinski definition) is 6. The van der Waals surface area contributed by atoms with Crippen LogP contribution in [0.25, 0.3) is 32.9 Å². The van der Waals surface area contributed by atoms with Gasteiger partial charge in [0, 0.05) is 69.7 Å². The summed E-state index contributed by atoms with van der Waals surface area (Å²) < 4.78 is 16.3. The van der Waals surface area contributed by atoms with Gasteiger partial charge in [0.15, 0.2) is 5.82 Å². The van der Waals surface area contributed by atoms with E-state index in [9.17, 15) is 9.90 Å². The summed E-state index contributed by atoms with van der Waals surface area (Å²) in [6.07, 6.45) is 3.07. The predicted octanol–water partition coefficient (Wildman–Crippen LogP) is 10.8. The highest BCUT2D eigenvalue weighted by atomic mass is 35.5. The second-order valence-electron chi connectivity index (χ2n) is 15.4. The maximum absolute atomic E-state index is 15.2. The van der Waals surface area contributed by atoms with E-state index in [0.29, 0.717) is 60.2 Å². The third-order valence-corrected chi connectivity index (χ3v) is 12.1. The lowest BCUT2D eigenvalue weighted by molar-refractivity contribution is 0.0696. The molecule has 0 bridgehead atoms. The molecule has 0 radical (unpaired) electrons. The summed E-state index contributed by atoms with van der Waals surface area (Å²) in [5, 5.41) is 12.7. The summed E-state index contributed by atoms with van der Waals surface area (Å²) >= 11 is 13.6. The second kappa shape index (κ2) is 16.2. The van der Waals surface area contributed by atoms with Crippen molar-refractivity contribution in [3.63, 3.8) is 0 Å². The average molecular weight is 831 g/mol. The van der Waals surface area contributed by atoms with E-state index in [1.54, 1.807) is 23.1 Å². The van der Waals surface area contributed by atoms with E-state index in [1.165, 1.54) is 0 Å². The first-order valence-electron chi connectivity index (χ1n) is 19.7. The fourth-order valence-electron chi connectivity index (χ4n) is 8.57. The van der Waals surface area contributed by atoms with Gasteiger partial charge in [-0.2, -0.15) is 0 Å². The summed E-state index contributed by atoms with van der Waals surface area (Å²) in [4.78, 5) is 38.8.